The Morgan fingerprint density at radius 1 is 0.975 bits per heavy atom. The first-order valence-electron chi connectivity index (χ1n) is 13.7. The lowest BCUT2D eigenvalue weighted by Crippen LogP contribution is -2.48. The Hall–Kier alpha value is -4.40. The Morgan fingerprint density at radius 2 is 1.70 bits per heavy atom. The van der Waals surface area contributed by atoms with Crippen LogP contribution in [0.3, 0.4) is 0 Å². The predicted octanol–water partition coefficient (Wildman–Crippen LogP) is 4.98. The van der Waals surface area contributed by atoms with Crippen molar-refractivity contribution in [3.05, 3.63) is 77.9 Å². The molecule has 1 N–H and O–H groups in total. The molecule has 0 saturated heterocycles. The van der Waals surface area contributed by atoms with E-state index in [1.165, 1.54) is 6.42 Å². The van der Waals surface area contributed by atoms with E-state index in [4.69, 9.17) is 9.47 Å². The summed E-state index contributed by atoms with van der Waals surface area (Å²) in [7, 11) is 3.11. The minimum absolute atomic E-state index is 0.0781. The number of carbonyl (C=O) groups excluding carboxylic acids is 2. The van der Waals surface area contributed by atoms with Crippen molar-refractivity contribution in [3.8, 4) is 11.5 Å². The van der Waals surface area contributed by atoms with Gasteiger partial charge in [0.1, 0.15) is 18.1 Å². The first-order valence-corrected chi connectivity index (χ1v) is 13.7. The normalized spacial score (nSPS) is 14.5. The molecule has 9 heteroatoms. The molecule has 1 heterocycles. The third-order valence-electron chi connectivity index (χ3n) is 7.56. The lowest BCUT2D eigenvalue weighted by Gasteiger charge is -2.34. The van der Waals surface area contributed by atoms with Crippen LogP contribution in [0.4, 0.5) is 5.69 Å². The number of aryl methyl sites for hydroxylation is 1. The van der Waals surface area contributed by atoms with Crippen molar-refractivity contribution in [2.24, 2.45) is 0 Å². The first kappa shape index (κ1) is 27.2. The van der Waals surface area contributed by atoms with E-state index in [0.717, 1.165) is 42.3 Å². The number of hydrogen-bond donors (Lipinski definition) is 1. The molecule has 9 nitrogen and oxygen atoms in total. The highest BCUT2D eigenvalue weighted by Gasteiger charge is 2.35. The third-order valence-corrected chi connectivity index (χ3v) is 7.56. The Labute approximate surface area is 234 Å². The number of aromatic nitrogens is 3. The molecule has 1 fully saturated rings. The number of nitrogens with one attached hydrogen (secondary N) is 1. The van der Waals surface area contributed by atoms with Crippen LogP contribution >= 0.6 is 0 Å². The lowest BCUT2D eigenvalue weighted by atomic mass is 9.93. The second-order valence-electron chi connectivity index (χ2n) is 10.1. The molecule has 0 radical (unpaired) electrons. The monoisotopic (exact) mass is 541 g/mol. The van der Waals surface area contributed by atoms with E-state index in [0.29, 0.717) is 22.7 Å². The minimum Gasteiger partial charge on any atom is -0.493 e. The van der Waals surface area contributed by atoms with E-state index in [2.05, 4.69) is 15.6 Å². The zero-order valence-electron chi connectivity index (χ0n) is 23.2. The molecular weight excluding hydrogens is 506 g/mol. The largest absolute Gasteiger partial charge is 0.493 e. The van der Waals surface area contributed by atoms with E-state index in [1.54, 1.807) is 42.0 Å². The highest BCUT2D eigenvalue weighted by atomic mass is 16.5. The number of carbonyl (C=O) groups is 2. The zero-order valence-corrected chi connectivity index (χ0v) is 23.2. The molecule has 1 aliphatic rings. The van der Waals surface area contributed by atoms with Gasteiger partial charge < -0.3 is 14.8 Å². The number of amides is 2. The molecule has 1 saturated carbocycles. The van der Waals surface area contributed by atoms with Crippen LogP contribution in [0.15, 0.2) is 66.7 Å². The van der Waals surface area contributed by atoms with Gasteiger partial charge >= 0.3 is 0 Å². The second-order valence-corrected chi connectivity index (χ2v) is 10.1. The van der Waals surface area contributed by atoms with Gasteiger partial charge in [0.25, 0.3) is 0 Å². The Morgan fingerprint density at radius 3 is 2.45 bits per heavy atom. The van der Waals surface area contributed by atoms with E-state index in [9.17, 15) is 9.59 Å². The summed E-state index contributed by atoms with van der Waals surface area (Å²) in [6, 6.07) is 19.6. The second kappa shape index (κ2) is 12.2. The molecule has 3 aromatic carbocycles. The SMILES string of the molecule is COc1ccc(N(C(=O)Cn2nnc3ccccc32)[C@@H](C(=O)NC2CCCCC2)c2ccccc2C)cc1OC. The van der Waals surface area contributed by atoms with Crippen molar-refractivity contribution in [2.45, 2.75) is 57.7 Å². The average molecular weight is 542 g/mol. The first-order chi connectivity index (χ1) is 19.5. The summed E-state index contributed by atoms with van der Waals surface area (Å²) in [6.07, 6.45) is 5.20. The molecule has 1 aliphatic carbocycles. The maximum absolute atomic E-state index is 14.3. The number of para-hydroxylation sites is 1. The van der Waals surface area contributed by atoms with Crippen molar-refractivity contribution in [2.75, 3.05) is 19.1 Å². The van der Waals surface area contributed by atoms with Gasteiger partial charge in [0, 0.05) is 17.8 Å². The maximum Gasteiger partial charge on any atom is 0.249 e. The summed E-state index contributed by atoms with van der Waals surface area (Å²) < 4.78 is 12.6. The molecule has 40 heavy (non-hydrogen) atoms. The quantitative estimate of drug-likeness (QED) is 0.321. The molecule has 0 aliphatic heterocycles. The fourth-order valence-corrected chi connectivity index (χ4v) is 5.47. The van der Waals surface area contributed by atoms with Gasteiger partial charge in [-0.2, -0.15) is 0 Å². The summed E-state index contributed by atoms with van der Waals surface area (Å²) in [5.41, 5.74) is 3.61. The van der Waals surface area contributed by atoms with Gasteiger partial charge in [0.15, 0.2) is 11.5 Å². The number of fused-ring (bicyclic) bond motifs is 1. The average Bonchev–Trinajstić information content (AvgIpc) is 3.39. The van der Waals surface area contributed by atoms with Crippen molar-refractivity contribution in [1.29, 1.82) is 0 Å². The van der Waals surface area contributed by atoms with Crippen LogP contribution in [0.5, 0.6) is 11.5 Å². The summed E-state index contributed by atoms with van der Waals surface area (Å²) >= 11 is 0. The molecular formula is C31H35N5O4. The molecule has 2 amide bonds. The fourth-order valence-electron chi connectivity index (χ4n) is 5.47. The van der Waals surface area contributed by atoms with Crippen LogP contribution in [0, 0.1) is 6.92 Å². The van der Waals surface area contributed by atoms with Gasteiger partial charge in [-0.25, -0.2) is 4.68 Å². The van der Waals surface area contributed by atoms with Crippen LogP contribution in [0.1, 0.15) is 49.3 Å². The Balaban J connectivity index is 1.61. The summed E-state index contributed by atoms with van der Waals surface area (Å²) in [4.78, 5) is 30.1. The number of benzene rings is 3. The van der Waals surface area contributed by atoms with Crippen LogP contribution in [-0.4, -0.2) is 47.1 Å². The van der Waals surface area contributed by atoms with Crippen LogP contribution < -0.4 is 19.7 Å². The zero-order chi connectivity index (χ0) is 28.1. The fraction of sp³-hybridized carbons (Fsp3) is 0.355. The van der Waals surface area contributed by atoms with E-state index >= 15 is 0 Å². The van der Waals surface area contributed by atoms with Crippen LogP contribution in [-0.2, 0) is 16.1 Å². The molecule has 0 bridgehead atoms. The lowest BCUT2D eigenvalue weighted by molar-refractivity contribution is -0.127. The maximum atomic E-state index is 14.3. The number of rotatable bonds is 9. The smallest absolute Gasteiger partial charge is 0.249 e. The summed E-state index contributed by atoms with van der Waals surface area (Å²) in [5.74, 6) is 0.461. The number of anilines is 1. The summed E-state index contributed by atoms with van der Waals surface area (Å²) in [6.45, 7) is 1.85. The molecule has 1 atom stereocenters. The predicted molar refractivity (Wildman–Crippen MR) is 153 cm³/mol. The minimum atomic E-state index is -0.913. The highest BCUT2D eigenvalue weighted by molar-refractivity contribution is 6.02. The van der Waals surface area contributed by atoms with Gasteiger partial charge in [0.05, 0.1) is 19.7 Å². The van der Waals surface area contributed by atoms with Gasteiger partial charge in [-0.1, -0.05) is 60.9 Å². The van der Waals surface area contributed by atoms with Crippen molar-refractivity contribution >= 4 is 28.5 Å². The molecule has 1 aromatic heterocycles. The number of nitrogens with zero attached hydrogens (tertiary/aromatic N) is 4. The van der Waals surface area contributed by atoms with Gasteiger partial charge in [-0.05, 0) is 55.2 Å². The van der Waals surface area contributed by atoms with Crippen LogP contribution in [0.25, 0.3) is 11.0 Å². The molecule has 0 spiro atoms. The molecule has 0 unspecified atom stereocenters. The Kier molecular flexibility index (Phi) is 8.28. The van der Waals surface area contributed by atoms with E-state index in [1.807, 2.05) is 55.5 Å². The van der Waals surface area contributed by atoms with Crippen LogP contribution in [0.2, 0.25) is 0 Å². The molecule has 4 aromatic rings. The van der Waals surface area contributed by atoms with E-state index < -0.39 is 6.04 Å². The van der Waals surface area contributed by atoms with Gasteiger partial charge in [-0.3, -0.25) is 14.5 Å². The molecule has 5 rings (SSSR count). The van der Waals surface area contributed by atoms with E-state index in [-0.39, 0.29) is 24.4 Å². The van der Waals surface area contributed by atoms with Crippen molar-refractivity contribution in [1.82, 2.24) is 20.3 Å². The molecule has 208 valence electrons. The van der Waals surface area contributed by atoms with Gasteiger partial charge in [0.2, 0.25) is 11.8 Å². The number of hydrogen-bond acceptors (Lipinski definition) is 6. The Bertz CT molecular complexity index is 1490. The topological polar surface area (TPSA) is 98.6 Å². The third kappa shape index (κ3) is 5.64. The summed E-state index contributed by atoms with van der Waals surface area (Å²) in [5, 5.41) is 11.7. The van der Waals surface area contributed by atoms with Crippen molar-refractivity contribution < 1.29 is 19.1 Å². The number of methoxy groups -OCH3 is 2. The van der Waals surface area contributed by atoms with Gasteiger partial charge in [-0.15, -0.1) is 5.10 Å². The van der Waals surface area contributed by atoms with Crippen molar-refractivity contribution in [3.63, 3.8) is 0 Å². The number of ether oxygens (including phenoxy) is 2. The highest BCUT2D eigenvalue weighted by Crippen LogP contribution is 2.36. The standard InChI is InChI=1S/C31H35N5O4/c1-21-11-7-8-14-24(21)30(31(38)32-22-12-5-4-6-13-22)36(23-17-18-27(39-2)28(19-23)40-3)29(37)20-35-26-16-10-9-15-25(26)33-34-35/h7-11,14-19,22,30H,4-6,12-13,20H2,1-3H3,(H,32,38)/t30-/m1/s1.